The molecule has 0 aromatic carbocycles. The predicted octanol–water partition coefficient (Wildman–Crippen LogP) is 1.98. The summed E-state index contributed by atoms with van der Waals surface area (Å²) in [6.07, 6.45) is -0.00293. The van der Waals surface area contributed by atoms with Gasteiger partial charge in [0, 0.05) is 12.1 Å². The fourth-order valence-corrected chi connectivity index (χ4v) is 3.69. The van der Waals surface area contributed by atoms with Gasteiger partial charge in [0.2, 0.25) is 10.0 Å². The smallest absolute Gasteiger partial charge is 0.371 e. The lowest BCUT2D eigenvalue weighted by Gasteiger charge is -2.38. The van der Waals surface area contributed by atoms with Crippen LogP contribution in [0.1, 0.15) is 48.5 Å². The van der Waals surface area contributed by atoms with Crippen LogP contribution in [0.2, 0.25) is 0 Å². The van der Waals surface area contributed by atoms with Crippen LogP contribution in [0.4, 0.5) is 0 Å². The van der Waals surface area contributed by atoms with E-state index in [0.717, 1.165) is 6.26 Å². The Morgan fingerprint density at radius 1 is 1.12 bits per heavy atom. The molecule has 0 fully saturated rings. The third-order valence-corrected chi connectivity index (χ3v) is 5.55. The van der Waals surface area contributed by atoms with Gasteiger partial charge in [0.05, 0.1) is 25.1 Å². The molecule has 8 nitrogen and oxygen atoms in total. The van der Waals surface area contributed by atoms with Gasteiger partial charge in [-0.15, -0.1) is 0 Å². The summed E-state index contributed by atoms with van der Waals surface area (Å²) in [6, 6.07) is 0. The molecule has 0 aliphatic carbocycles. The molecule has 0 aromatic heterocycles. The molecule has 0 aromatic rings. The highest BCUT2D eigenvalue weighted by molar-refractivity contribution is 7.88. The molecule has 2 N–H and O–H groups in total. The maximum absolute atomic E-state index is 12.1. The molecule has 2 atom stereocenters. The van der Waals surface area contributed by atoms with Crippen LogP contribution in [0.3, 0.4) is 0 Å². The van der Waals surface area contributed by atoms with Gasteiger partial charge >= 0.3 is 7.82 Å². The van der Waals surface area contributed by atoms with Crippen LogP contribution in [-0.2, 0) is 23.8 Å². The lowest BCUT2D eigenvalue weighted by molar-refractivity contribution is -0.0819. The van der Waals surface area contributed by atoms with Crippen LogP contribution in [0.15, 0.2) is 0 Å². The molecule has 0 aliphatic rings. The highest BCUT2D eigenvalue weighted by Gasteiger charge is 2.34. The number of ether oxygens (including phenoxy) is 1. The van der Waals surface area contributed by atoms with Crippen molar-refractivity contribution in [1.29, 1.82) is 0 Å². The first-order valence-electron chi connectivity index (χ1n) is 7.67. The molecular weight excluding hydrogens is 357 g/mol. The molecule has 0 bridgehead atoms. The van der Waals surface area contributed by atoms with Crippen molar-refractivity contribution in [1.82, 2.24) is 4.31 Å². The second-order valence-electron chi connectivity index (χ2n) is 8.02. The van der Waals surface area contributed by atoms with E-state index in [4.69, 9.17) is 14.5 Å². The molecule has 0 heterocycles. The number of sulfonamides is 1. The maximum atomic E-state index is 12.1. The first-order chi connectivity index (χ1) is 10.3. The van der Waals surface area contributed by atoms with E-state index >= 15 is 0 Å². The van der Waals surface area contributed by atoms with Gasteiger partial charge in [0.25, 0.3) is 0 Å². The first-order valence-corrected chi connectivity index (χ1v) is 11.1. The minimum absolute atomic E-state index is 0.0667. The number of hydrogen-bond donors (Lipinski definition) is 2. The first kappa shape index (κ1) is 24.0. The number of nitrogens with zero attached hydrogens (tertiary/aromatic N) is 1. The van der Waals surface area contributed by atoms with E-state index in [-0.39, 0.29) is 18.1 Å². The largest absolute Gasteiger partial charge is 0.469 e. The SMILES string of the molecule is C[C@H](O[C@H](COP(=O)(O)O)CN(C(C)(C)C)S(C)(=O)=O)C(C)(C)C. The van der Waals surface area contributed by atoms with Gasteiger partial charge in [0.15, 0.2) is 0 Å². The summed E-state index contributed by atoms with van der Waals surface area (Å²) < 4.78 is 46.8. The number of rotatable bonds is 8. The van der Waals surface area contributed by atoms with Gasteiger partial charge in [-0.05, 0) is 33.1 Å². The zero-order chi connectivity index (χ0) is 19.6. The predicted molar refractivity (Wildman–Crippen MR) is 93.1 cm³/mol. The van der Waals surface area contributed by atoms with E-state index in [1.807, 2.05) is 27.7 Å². The van der Waals surface area contributed by atoms with E-state index in [1.165, 1.54) is 4.31 Å². The normalized spacial score (nSPS) is 17.1. The molecule has 0 radical (unpaired) electrons. The molecule has 0 amide bonds. The molecule has 0 saturated heterocycles. The molecule has 0 rings (SSSR count). The van der Waals surface area contributed by atoms with Crippen LogP contribution in [0, 0.1) is 5.41 Å². The summed E-state index contributed by atoms with van der Waals surface area (Å²) in [5.41, 5.74) is -0.930. The molecule has 10 heteroatoms. The fourth-order valence-electron chi connectivity index (χ4n) is 1.90. The molecule has 146 valence electrons. The zero-order valence-corrected chi connectivity index (χ0v) is 17.5. The monoisotopic (exact) mass is 389 g/mol. The average Bonchev–Trinajstić information content (AvgIpc) is 2.26. The Morgan fingerprint density at radius 2 is 1.58 bits per heavy atom. The van der Waals surface area contributed by atoms with E-state index in [0.29, 0.717) is 0 Å². The lowest BCUT2D eigenvalue weighted by atomic mass is 9.90. The molecule has 0 spiro atoms. The number of phosphoric acid groups is 1. The molecule has 0 saturated carbocycles. The van der Waals surface area contributed by atoms with E-state index in [2.05, 4.69) is 4.52 Å². The zero-order valence-electron chi connectivity index (χ0n) is 15.8. The van der Waals surface area contributed by atoms with Crippen LogP contribution in [0.25, 0.3) is 0 Å². The minimum atomic E-state index is -4.68. The molecule has 0 unspecified atom stereocenters. The second-order valence-corrected chi connectivity index (χ2v) is 11.2. The molecular formula is C14H32NO7PS. The van der Waals surface area contributed by atoms with Crippen LogP contribution < -0.4 is 0 Å². The van der Waals surface area contributed by atoms with Crippen molar-refractivity contribution in [3.63, 3.8) is 0 Å². The third kappa shape index (κ3) is 9.46. The van der Waals surface area contributed by atoms with Gasteiger partial charge in [-0.25, -0.2) is 13.0 Å². The van der Waals surface area contributed by atoms with Gasteiger partial charge in [-0.1, -0.05) is 20.8 Å². The highest BCUT2D eigenvalue weighted by atomic mass is 32.2. The topological polar surface area (TPSA) is 113 Å². The van der Waals surface area contributed by atoms with Crippen molar-refractivity contribution < 1.29 is 32.0 Å². The minimum Gasteiger partial charge on any atom is -0.371 e. The quantitative estimate of drug-likeness (QED) is 0.610. The van der Waals surface area contributed by atoms with Gasteiger partial charge < -0.3 is 14.5 Å². The summed E-state index contributed by atoms with van der Waals surface area (Å²) >= 11 is 0. The Labute approximate surface area is 145 Å². The molecule has 0 aliphatic heterocycles. The molecule has 24 heavy (non-hydrogen) atoms. The van der Waals surface area contributed by atoms with Crippen LogP contribution in [0.5, 0.6) is 0 Å². The Morgan fingerprint density at radius 3 is 1.88 bits per heavy atom. The van der Waals surface area contributed by atoms with Crippen molar-refractivity contribution in [2.45, 2.75) is 66.2 Å². The number of phosphoric ester groups is 1. The van der Waals surface area contributed by atoms with Crippen LogP contribution >= 0.6 is 7.82 Å². The summed E-state index contributed by atoms with van der Waals surface area (Å²) in [6.45, 7) is 12.4. The Balaban J connectivity index is 5.40. The van der Waals surface area contributed by atoms with E-state index in [1.54, 1.807) is 20.8 Å². The Kier molecular flexibility index (Phi) is 8.11. The summed E-state index contributed by atoms with van der Waals surface area (Å²) in [5, 5.41) is 0. The fraction of sp³-hybridized carbons (Fsp3) is 1.00. The van der Waals surface area contributed by atoms with Crippen molar-refractivity contribution in [3.8, 4) is 0 Å². The van der Waals surface area contributed by atoms with Crippen molar-refractivity contribution in [3.05, 3.63) is 0 Å². The van der Waals surface area contributed by atoms with E-state index < -0.39 is 36.1 Å². The van der Waals surface area contributed by atoms with Gasteiger partial charge in [-0.2, -0.15) is 4.31 Å². The van der Waals surface area contributed by atoms with Crippen molar-refractivity contribution in [2.24, 2.45) is 5.41 Å². The van der Waals surface area contributed by atoms with Crippen molar-refractivity contribution >= 4 is 17.8 Å². The van der Waals surface area contributed by atoms with Crippen molar-refractivity contribution in [2.75, 3.05) is 19.4 Å². The Hall–Kier alpha value is -0.0200. The van der Waals surface area contributed by atoms with Gasteiger partial charge in [0.1, 0.15) is 0 Å². The summed E-state index contributed by atoms with van der Waals surface area (Å²) in [7, 11) is -8.22. The third-order valence-electron chi connectivity index (χ3n) is 3.56. The average molecular weight is 389 g/mol. The maximum Gasteiger partial charge on any atom is 0.469 e. The second kappa shape index (κ2) is 8.12. The number of hydrogen-bond acceptors (Lipinski definition) is 5. The summed E-state index contributed by atoms with van der Waals surface area (Å²) in [4.78, 5) is 17.8. The highest BCUT2D eigenvalue weighted by Crippen LogP contribution is 2.36. The standard InChI is InChI=1S/C14H32NO7PS/c1-11(13(2,3)4)22-12(10-21-23(16,17)18)9-15(14(5,6)7)24(8,19)20/h11-12H,9-10H2,1-8H3,(H2,16,17,18)/t11-,12-/m0/s1. The lowest BCUT2D eigenvalue weighted by Crippen LogP contribution is -2.50. The van der Waals surface area contributed by atoms with E-state index in [9.17, 15) is 13.0 Å². The Bertz CT molecular complexity index is 544. The summed E-state index contributed by atoms with van der Waals surface area (Å²) in [5.74, 6) is 0. The van der Waals surface area contributed by atoms with Gasteiger partial charge in [-0.3, -0.25) is 4.52 Å². The van der Waals surface area contributed by atoms with Crippen LogP contribution in [-0.4, -0.2) is 59.7 Å².